The summed E-state index contributed by atoms with van der Waals surface area (Å²) in [5, 5.41) is 12.0. The van der Waals surface area contributed by atoms with Crippen molar-refractivity contribution >= 4 is 5.91 Å². The summed E-state index contributed by atoms with van der Waals surface area (Å²) in [4.78, 5) is 14.7. The SMILES string of the molecule is N#Cc1cccc(C(=O)N[C@H]2COC[C@@H]2N2CCOCC2)c1. The molecule has 1 N–H and O–H groups in total. The monoisotopic (exact) mass is 301 g/mol. The first-order chi connectivity index (χ1) is 10.8. The average molecular weight is 301 g/mol. The van der Waals surface area contributed by atoms with Gasteiger partial charge in [-0.1, -0.05) is 6.07 Å². The van der Waals surface area contributed by atoms with E-state index in [1.165, 1.54) is 0 Å². The van der Waals surface area contributed by atoms with Gasteiger partial charge in [0, 0.05) is 18.7 Å². The summed E-state index contributed by atoms with van der Waals surface area (Å²) in [5.41, 5.74) is 0.992. The summed E-state index contributed by atoms with van der Waals surface area (Å²) in [6.07, 6.45) is 0. The fourth-order valence-corrected chi connectivity index (χ4v) is 2.93. The number of nitrogens with one attached hydrogen (secondary N) is 1. The van der Waals surface area contributed by atoms with E-state index >= 15 is 0 Å². The number of nitriles is 1. The molecular formula is C16H19N3O3. The molecule has 6 heteroatoms. The molecule has 0 aromatic heterocycles. The summed E-state index contributed by atoms with van der Waals surface area (Å²) in [7, 11) is 0. The molecule has 0 saturated carbocycles. The Hall–Kier alpha value is -1.94. The Balaban J connectivity index is 1.65. The molecule has 0 unspecified atom stereocenters. The predicted octanol–water partition coefficient (Wildman–Crippen LogP) is 0.388. The van der Waals surface area contributed by atoms with Crippen LogP contribution in [0.25, 0.3) is 0 Å². The molecule has 2 atom stereocenters. The number of morpholine rings is 1. The fourth-order valence-electron chi connectivity index (χ4n) is 2.93. The van der Waals surface area contributed by atoms with Crippen LogP contribution in [0.3, 0.4) is 0 Å². The first-order valence-corrected chi connectivity index (χ1v) is 7.48. The van der Waals surface area contributed by atoms with Crippen molar-refractivity contribution in [2.24, 2.45) is 0 Å². The highest BCUT2D eigenvalue weighted by Crippen LogP contribution is 2.16. The zero-order valence-electron chi connectivity index (χ0n) is 12.3. The van der Waals surface area contributed by atoms with Gasteiger partial charge in [0.2, 0.25) is 0 Å². The number of amides is 1. The maximum Gasteiger partial charge on any atom is 0.251 e. The van der Waals surface area contributed by atoms with Crippen LogP contribution >= 0.6 is 0 Å². The van der Waals surface area contributed by atoms with E-state index in [2.05, 4.69) is 10.2 Å². The minimum Gasteiger partial charge on any atom is -0.379 e. The zero-order valence-corrected chi connectivity index (χ0v) is 12.3. The number of rotatable bonds is 3. The van der Waals surface area contributed by atoms with Gasteiger partial charge < -0.3 is 14.8 Å². The smallest absolute Gasteiger partial charge is 0.251 e. The molecule has 3 rings (SSSR count). The second-order valence-corrected chi connectivity index (χ2v) is 5.53. The Bertz CT molecular complexity index is 578. The van der Waals surface area contributed by atoms with E-state index in [1.807, 2.05) is 6.07 Å². The molecule has 1 amide bonds. The summed E-state index contributed by atoms with van der Waals surface area (Å²) >= 11 is 0. The van der Waals surface area contributed by atoms with Crippen LogP contribution in [0.4, 0.5) is 0 Å². The molecule has 2 aliphatic rings. The first-order valence-electron chi connectivity index (χ1n) is 7.48. The van der Waals surface area contributed by atoms with Gasteiger partial charge in [0.05, 0.1) is 50.1 Å². The van der Waals surface area contributed by atoms with E-state index in [9.17, 15) is 4.79 Å². The van der Waals surface area contributed by atoms with Gasteiger partial charge in [-0.3, -0.25) is 9.69 Å². The topological polar surface area (TPSA) is 74.6 Å². The molecule has 1 aromatic rings. The minimum absolute atomic E-state index is 0.0312. The lowest BCUT2D eigenvalue weighted by molar-refractivity contribution is 0.0108. The van der Waals surface area contributed by atoms with Crippen LogP contribution < -0.4 is 5.32 Å². The van der Waals surface area contributed by atoms with E-state index < -0.39 is 0 Å². The van der Waals surface area contributed by atoms with Gasteiger partial charge in [-0.15, -0.1) is 0 Å². The van der Waals surface area contributed by atoms with Crippen LogP contribution in [0.1, 0.15) is 15.9 Å². The number of hydrogen-bond donors (Lipinski definition) is 1. The van der Waals surface area contributed by atoms with Gasteiger partial charge in [0.15, 0.2) is 0 Å². The molecule has 22 heavy (non-hydrogen) atoms. The predicted molar refractivity (Wildman–Crippen MR) is 79.4 cm³/mol. The lowest BCUT2D eigenvalue weighted by Crippen LogP contribution is -2.54. The van der Waals surface area contributed by atoms with Crippen molar-refractivity contribution in [1.82, 2.24) is 10.2 Å². The quantitative estimate of drug-likeness (QED) is 0.874. The van der Waals surface area contributed by atoms with E-state index in [0.29, 0.717) is 24.3 Å². The molecule has 0 radical (unpaired) electrons. The highest BCUT2D eigenvalue weighted by Gasteiger charge is 2.34. The Morgan fingerprint density at radius 3 is 2.86 bits per heavy atom. The molecule has 0 spiro atoms. The zero-order chi connectivity index (χ0) is 15.4. The second-order valence-electron chi connectivity index (χ2n) is 5.53. The molecule has 0 aliphatic carbocycles. The molecule has 2 aliphatic heterocycles. The van der Waals surface area contributed by atoms with Crippen molar-refractivity contribution in [2.45, 2.75) is 12.1 Å². The van der Waals surface area contributed by atoms with E-state index in [0.717, 1.165) is 26.3 Å². The van der Waals surface area contributed by atoms with Gasteiger partial charge >= 0.3 is 0 Å². The number of hydrogen-bond acceptors (Lipinski definition) is 5. The third-order valence-corrected chi connectivity index (χ3v) is 4.14. The Morgan fingerprint density at radius 1 is 1.27 bits per heavy atom. The summed E-state index contributed by atoms with van der Waals surface area (Å²) < 4.78 is 10.9. The van der Waals surface area contributed by atoms with Crippen LogP contribution in [0.2, 0.25) is 0 Å². The van der Waals surface area contributed by atoms with Crippen molar-refractivity contribution in [1.29, 1.82) is 5.26 Å². The van der Waals surface area contributed by atoms with Crippen molar-refractivity contribution in [3.63, 3.8) is 0 Å². The summed E-state index contributed by atoms with van der Waals surface area (Å²) in [6.45, 7) is 4.33. The molecule has 2 heterocycles. The maximum atomic E-state index is 12.4. The fraction of sp³-hybridized carbons (Fsp3) is 0.500. The Morgan fingerprint density at radius 2 is 2.09 bits per heavy atom. The number of nitrogens with zero attached hydrogens (tertiary/aromatic N) is 2. The number of carbonyl (C=O) groups is 1. The second kappa shape index (κ2) is 6.88. The number of ether oxygens (including phenoxy) is 2. The number of carbonyl (C=O) groups excluding carboxylic acids is 1. The Kier molecular flexibility index (Phi) is 4.68. The highest BCUT2D eigenvalue weighted by molar-refractivity contribution is 5.94. The molecular weight excluding hydrogens is 282 g/mol. The molecule has 2 saturated heterocycles. The van der Waals surface area contributed by atoms with E-state index in [-0.39, 0.29) is 18.0 Å². The van der Waals surface area contributed by atoms with Crippen molar-refractivity contribution in [3.8, 4) is 6.07 Å². The molecule has 6 nitrogen and oxygen atoms in total. The lowest BCUT2D eigenvalue weighted by atomic mass is 10.1. The van der Waals surface area contributed by atoms with Gasteiger partial charge in [-0.25, -0.2) is 0 Å². The van der Waals surface area contributed by atoms with Crippen molar-refractivity contribution in [2.75, 3.05) is 39.5 Å². The Labute approximate surface area is 129 Å². The molecule has 0 bridgehead atoms. The highest BCUT2D eigenvalue weighted by atomic mass is 16.5. The van der Waals surface area contributed by atoms with E-state index in [4.69, 9.17) is 14.7 Å². The van der Waals surface area contributed by atoms with Crippen LogP contribution in [0, 0.1) is 11.3 Å². The van der Waals surface area contributed by atoms with Gasteiger partial charge in [0.1, 0.15) is 0 Å². The largest absolute Gasteiger partial charge is 0.379 e. The van der Waals surface area contributed by atoms with Crippen LogP contribution in [0.5, 0.6) is 0 Å². The normalized spacial score (nSPS) is 25.6. The van der Waals surface area contributed by atoms with Gasteiger partial charge in [-0.05, 0) is 18.2 Å². The van der Waals surface area contributed by atoms with E-state index in [1.54, 1.807) is 24.3 Å². The van der Waals surface area contributed by atoms with Crippen molar-refractivity contribution in [3.05, 3.63) is 35.4 Å². The van der Waals surface area contributed by atoms with Gasteiger partial charge in [-0.2, -0.15) is 5.26 Å². The number of benzene rings is 1. The van der Waals surface area contributed by atoms with Crippen molar-refractivity contribution < 1.29 is 14.3 Å². The summed E-state index contributed by atoms with van der Waals surface area (Å²) in [6, 6.07) is 8.94. The van der Waals surface area contributed by atoms with Crippen LogP contribution in [-0.2, 0) is 9.47 Å². The average Bonchev–Trinajstić information content (AvgIpc) is 3.04. The summed E-state index contributed by atoms with van der Waals surface area (Å²) in [5.74, 6) is -0.161. The molecule has 116 valence electrons. The third kappa shape index (κ3) is 3.28. The lowest BCUT2D eigenvalue weighted by Gasteiger charge is -2.34. The third-order valence-electron chi connectivity index (χ3n) is 4.14. The first kappa shape index (κ1) is 15.0. The maximum absolute atomic E-state index is 12.4. The van der Waals surface area contributed by atoms with Gasteiger partial charge in [0.25, 0.3) is 5.91 Å². The van der Waals surface area contributed by atoms with Crippen LogP contribution in [0.15, 0.2) is 24.3 Å². The minimum atomic E-state index is -0.161. The molecule has 1 aromatic carbocycles. The van der Waals surface area contributed by atoms with Crippen LogP contribution in [-0.4, -0.2) is 62.4 Å². The standard InChI is InChI=1S/C16H19N3O3/c17-9-12-2-1-3-13(8-12)16(20)18-14-10-22-11-15(14)19-4-6-21-7-5-19/h1-3,8,14-15H,4-7,10-11H2,(H,18,20)/t14-,15-/m0/s1. The molecule has 2 fully saturated rings.